The molecule has 1 atom stereocenters. The molecule has 1 heterocycles. The van der Waals surface area contributed by atoms with Gasteiger partial charge in [-0.25, -0.2) is 4.79 Å². The normalized spacial score (nSPS) is 22.2. The number of hydrogen-bond donors (Lipinski definition) is 0. The van der Waals surface area contributed by atoms with Crippen molar-refractivity contribution in [3.8, 4) is 0 Å². The molecule has 1 saturated heterocycles. The summed E-state index contributed by atoms with van der Waals surface area (Å²) in [5, 5.41) is 0. The number of hydrogen-bond acceptors (Lipinski definition) is 4. The van der Waals surface area contributed by atoms with Gasteiger partial charge in [0, 0.05) is 19.6 Å². The molecule has 1 aliphatic rings. The van der Waals surface area contributed by atoms with E-state index in [0.29, 0.717) is 13.2 Å². The van der Waals surface area contributed by atoms with Crippen LogP contribution in [-0.4, -0.2) is 50.3 Å². The topological polar surface area (TPSA) is 38.8 Å². The Balaban J connectivity index is 2.42. The second-order valence-electron chi connectivity index (χ2n) is 3.92. The summed E-state index contributed by atoms with van der Waals surface area (Å²) in [6.45, 7) is 7.10. The van der Waals surface area contributed by atoms with Gasteiger partial charge in [-0.3, -0.25) is 4.90 Å². The zero-order valence-corrected chi connectivity index (χ0v) is 9.66. The Labute approximate surface area is 90.8 Å². The van der Waals surface area contributed by atoms with E-state index in [1.807, 2.05) is 0 Å². The minimum atomic E-state index is -0.422. The molecule has 0 saturated carbocycles. The highest BCUT2D eigenvalue weighted by molar-refractivity contribution is 5.74. The van der Waals surface area contributed by atoms with E-state index in [1.54, 1.807) is 0 Å². The number of ether oxygens (including phenoxy) is 2. The van der Waals surface area contributed by atoms with E-state index in [9.17, 15) is 4.79 Å². The van der Waals surface area contributed by atoms with Gasteiger partial charge in [-0.05, 0) is 13.8 Å². The Kier molecular flexibility index (Phi) is 4.78. The summed E-state index contributed by atoms with van der Waals surface area (Å²) in [7, 11) is 1.39. The molecule has 1 rings (SSSR count). The molecule has 1 unspecified atom stereocenters. The minimum absolute atomic E-state index is 0.281. The maximum Gasteiger partial charge on any atom is 0.336 e. The van der Waals surface area contributed by atoms with Crippen LogP contribution >= 0.6 is 0 Å². The molecule has 0 spiro atoms. The van der Waals surface area contributed by atoms with E-state index in [4.69, 9.17) is 4.74 Å². The van der Waals surface area contributed by atoms with Crippen LogP contribution in [0.15, 0.2) is 11.6 Å². The van der Waals surface area contributed by atoms with Crippen LogP contribution in [0.1, 0.15) is 13.8 Å². The smallest absolute Gasteiger partial charge is 0.336 e. The summed E-state index contributed by atoms with van der Waals surface area (Å²) in [4.78, 5) is 13.5. The Bertz CT molecular complexity index is 246. The zero-order chi connectivity index (χ0) is 11.3. The Hall–Kier alpha value is -0.870. The average Bonchev–Trinajstić information content (AvgIpc) is 2.25. The SMILES string of the molecule is COC(=O)C1CN(CC=C(C)C)CCO1. The first-order valence-electron chi connectivity index (χ1n) is 5.18. The van der Waals surface area contributed by atoms with Gasteiger partial charge < -0.3 is 9.47 Å². The van der Waals surface area contributed by atoms with Crippen molar-refractivity contribution in [3.05, 3.63) is 11.6 Å². The van der Waals surface area contributed by atoms with E-state index in [0.717, 1.165) is 13.1 Å². The fourth-order valence-corrected chi connectivity index (χ4v) is 1.45. The highest BCUT2D eigenvalue weighted by atomic mass is 16.6. The lowest BCUT2D eigenvalue weighted by Crippen LogP contribution is -2.46. The van der Waals surface area contributed by atoms with Crippen molar-refractivity contribution < 1.29 is 14.3 Å². The quantitative estimate of drug-likeness (QED) is 0.514. The predicted octanol–water partition coefficient (Wildman–Crippen LogP) is 0.826. The number of carbonyl (C=O) groups is 1. The van der Waals surface area contributed by atoms with E-state index >= 15 is 0 Å². The Morgan fingerprint density at radius 1 is 1.60 bits per heavy atom. The molecular formula is C11H19NO3. The molecule has 0 bridgehead atoms. The van der Waals surface area contributed by atoms with E-state index in [-0.39, 0.29) is 5.97 Å². The Morgan fingerprint density at radius 3 is 2.93 bits per heavy atom. The average molecular weight is 213 g/mol. The first-order valence-corrected chi connectivity index (χ1v) is 5.18. The Morgan fingerprint density at radius 2 is 2.33 bits per heavy atom. The molecule has 4 nitrogen and oxygen atoms in total. The monoisotopic (exact) mass is 213 g/mol. The zero-order valence-electron chi connectivity index (χ0n) is 9.66. The fraction of sp³-hybridized carbons (Fsp3) is 0.727. The number of methoxy groups -OCH3 is 1. The number of morpholine rings is 1. The lowest BCUT2D eigenvalue weighted by Gasteiger charge is -2.30. The van der Waals surface area contributed by atoms with Crippen LogP contribution < -0.4 is 0 Å². The molecule has 0 amide bonds. The van der Waals surface area contributed by atoms with Gasteiger partial charge in [-0.1, -0.05) is 11.6 Å². The minimum Gasteiger partial charge on any atom is -0.467 e. The van der Waals surface area contributed by atoms with E-state index < -0.39 is 6.10 Å². The predicted molar refractivity (Wildman–Crippen MR) is 57.6 cm³/mol. The third-order valence-electron chi connectivity index (χ3n) is 2.37. The van der Waals surface area contributed by atoms with Crippen LogP contribution in [0.5, 0.6) is 0 Å². The molecule has 1 fully saturated rings. The van der Waals surface area contributed by atoms with Crippen molar-refractivity contribution in [1.82, 2.24) is 4.90 Å². The van der Waals surface area contributed by atoms with Crippen molar-refractivity contribution in [2.45, 2.75) is 20.0 Å². The largest absolute Gasteiger partial charge is 0.467 e. The summed E-state index contributed by atoms with van der Waals surface area (Å²) >= 11 is 0. The van der Waals surface area contributed by atoms with Gasteiger partial charge in [0.2, 0.25) is 0 Å². The van der Waals surface area contributed by atoms with E-state index in [1.165, 1.54) is 12.7 Å². The van der Waals surface area contributed by atoms with Gasteiger partial charge in [-0.2, -0.15) is 0 Å². The maximum absolute atomic E-state index is 11.3. The van der Waals surface area contributed by atoms with Gasteiger partial charge in [0.1, 0.15) is 0 Å². The first kappa shape index (κ1) is 12.2. The maximum atomic E-state index is 11.3. The lowest BCUT2D eigenvalue weighted by atomic mass is 10.2. The molecule has 0 aromatic rings. The van der Waals surface area contributed by atoms with Crippen LogP contribution in [-0.2, 0) is 14.3 Å². The second-order valence-corrected chi connectivity index (χ2v) is 3.92. The van der Waals surface area contributed by atoms with E-state index in [2.05, 4.69) is 29.6 Å². The van der Waals surface area contributed by atoms with Crippen molar-refractivity contribution in [2.75, 3.05) is 33.4 Å². The highest BCUT2D eigenvalue weighted by Crippen LogP contribution is 2.07. The van der Waals surface area contributed by atoms with Crippen molar-refractivity contribution in [3.63, 3.8) is 0 Å². The third kappa shape index (κ3) is 4.01. The number of esters is 1. The van der Waals surface area contributed by atoms with Crippen LogP contribution in [0.3, 0.4) is 0 Å². The summed E-state index contributed by atoms with van der Waals surface area (Å²) in [5.74, 6) is -0.281. The molecule has 0 aromatic carbocycles. The molecule has 0 aromatic heterocycles. The summed E-state index contributed by atoms with van der Waals surface area (Å²) in [6.07, 6.45) is 1.73. The molecule has 0 aliphatic carbocycles. The van der Waals surface area contributed by atoms with Gasteiger partial charge in [0.05, 0.1) is 13.7 Å². The number of nitrogens with zero attached hydrogens (tertiary/aromatic N) is 1. The number of allylic oxidation sites excluding steroid dienone is 1. The van der Waals surface area contributed by atoms with Crippen molar-refractivity contribution >= 4 is 5.97 Å². The standard InChI is InChI=1S/C11H19NO3/c1-9(2)4-5-12-6-7-15-10(8-12)11(13)14-3/h4,10H,5-8H2,1-3H3. The lowest BCUT2D eigenvalue weighted by molar-refractivity contribution is -0.159. The molecule has 4 heteroatoms. The van der Waals surface area contributed by atoms with Crippen molar-refractivity contribution in [2.24, 2.45) is 0 Å². The summed E-state index contributed by atoms with van der Waals surface area (Å²) in [6, 6.07) is 0. The van der Waals surface area contributed by atoms with Gasteiger partial charge in [-0.15, -0.1) is 0 Å². The number of rotatable bonds is 3. The van der Waals surface area contributed by atoms with Crippen LogP contribution in [0.4, 0.5) is 0 Å². The molecule has 0 N–H and O–H groups in total. The van der Waals surface area contributed by atoms with Crippen LogP contribution in [0.2, 0.25) is 0 Å². The van der Waals surface area contributed by atoms with Crippen LogP contribution in [0.25, 0.3) is 0 Å². The summed E-state index contributed by atoms with van der Waals surface area (Å²) < 4.78 is 9.99. The van der Waals surface area contributed by atoms with Gasteiger partial charge in [0.15, 0.2) is 6.10 Å². The van der Waals surface area contributed by atoms with Gasteiger partial charge >= 0.3 is 5.97 Å². The van der Waals surface area contributed by atoms with Crippen LogP contribution in [0, 0.1) is 0 Å². The number of carbonyl (C=O) groups excluding carboxylic acids is 1. The molecule has 15 heavy (non-hydrogen) atoms. The molecular weight excluding hydrogens is 194 g/mol. The molecule has 86 valence electrons. The third-order valence-corrected chi connectivity index (χ3v) is 2.37. The van der Waals surface area contributed by atoms with Crippen molar-refractivity contribution in [1.29, 1.82) is 0 Å². The molecule has 1 aliphatic heterocycles. The first-order chi connectivity index (χ1) is 7.13. The van der Waals surface area contributed by atoms with Gasteiger partial charge in [0.25, 0.3) is 0 Å². The second kappa shape index (κ2) is 5.88. The summed E-state index contributed by atoms with van der Waals surface area (Å²) in [5.41, 5.74) is 1.29. The molecule has 0 radical (unpaired) electrons. The highest BCUT2D eigenvalue weighted by Gasteiger charge is 2.26. The fourth-order valence-electron chi connectivity index (χ4n) is 1.45.